The van der Waals surface area contributed by atoms with Crippen LogP contribution in [0.1, 0.15) is 29.9 Å². The standard InChI is InChI=1S/C27H32F2N4O2/c1-31(2)13-5-6-19-7-9-20(10-8-19)26-24-17-32(14-3-4-15-33(24)25(26)18-34)27(35)30-23-16-21(28)11-12-22(23)29/h7-12,16,24-26,34H,3-4,13-15,17-18H2,1-2H3,(H,30,35)/t24-,25+,26-/m1/s1. The molecule has 2 aliphatic rings. The number of hydrogen-bond acceptors (Lipinski definition) is 4. The van der Waals surface area contributed by atoms with E-state index in [1.807, 2.05) is 31.1 Å². The van der Waals surface area contributed by atoms with E-state index in [4.69, 9.17) is 0 Å². The second-order valence-corrected chi connectivity index (χ2v) is 9.45. The summed E-state index contributed by atoms with van der Waals surface area (Å²) in [6.07, 6.45) is 1.68. The number of urea groups is 1. The van der Waals surface area contributed by atoms with Crippen molar-refractivity contribution in [1.29, 1.82) is 0 Å². The highest BCUT2D eigenvalue weighted by Crippen LogP contribution is 2.42. The predicted octanol–water partition coefficient (Wildman–Crippen LogP) is 3.33. The summed E-state index contributed by atoms with van der Waals surface area (Å²) < 4.78 is 27.6. The third-order valence-electron chi connectivity index (χ3n) is 6.75. The van der Waals surface area contributed by atoms with Gasteiger partial charge in [0.1, 0.15) is 11.6 Å². The van der Waals surface area contributed by atoms with E-state index in [1.54, 1.807) is 4.90 Å². The zero-order valence-corrected chi connectivity index (χ0v) is 20.2. The summed E-state index contributed by atoms with van der Waals surface area (Å²) in [6.45, 7) is 2.55. The fraction of sp³-hybridized carbons (Fsp3) is 0.444. The second kappa shape index (κ2) is 11.2. The Morgan fingerprint density at radius 3 is 2.60 bits per heavy atom. The van der Waals surface area contributed by atoms with Gasteiger partial charge >= 0.3 is 6.03 Å². The van der Waals surface area contributed by atoms with Crippen molar-refractivity contribution in [3.63, 3.8) is 0 Å². The molecule has 2 saturated heterocycles. The van der Waals surface area contributed by atoms with Crippen LogP contribution in [-0.2, 0) is 0 Å². The molecule has 2 fully saturated rings. The second-order valence-electron chi connectivity index (χ2n) is 9.45. The number of carbonyl (C=O) groups excluding carboxylic acids is 1. The van der Waals surface area contributed by atoms with Crippen molar-refractivity contribution < 1.29 is 18.7 Å². The first-order chi connectivity index (χ1) is 16.9. The lowest BCUT2D eigenvalue weighted by molar-refractivity contribution is -0.0585. The highest BCUT2D eigenvalue weighted by molar-refractivity contribution is 5.89. The molecule has 2 aromatic rings. The molecule has 2 aliphatic heterocycles. The van der Waals surface area contributed by atoms with E-state index in [-0.39, 0.29) is 30.3 Å². The molecule has 0 radical (unpaired) electrons. The van der Waals surface area contributed by atoms with E-state index in [2.05, 4.69) is 34.2 Å². The van der Waals surface area contributed by atoms with Gasteiger partial charge in [0.25, 0.3) is 0 Å². The molecule has 2 amide bonds. The summed E-state index contributed by atoms with van der Waals surface area (Å²) in [5.41, 5.74) is 1.86. The Hall–Kier alpha value is -2.99. The minimum atomic E-state index is -0.677. The first kappa shape index (κ1) is 25.1. The zero-order valence-electron chi connectivity index (χ0n) is 20.2. The Labute approximate surface area is 205 Å². The van der Waals surface area contributed by atoms with Gasteiger partial charge in [0, 0.05) is 42.7 Å². The number of nitrogens with one attached hydrogen (secondary N) is 1. The number of carbonyl (C=O) groups is 1. The van der Waals surface area contributed by atoms with E-state index < -0.39 is 17.7 Å². The molecule has 6 nitrogen and oxygen atoms in total. The Kier molecular flexibility index (Phi) is 8.01. The van der Waals surface area contributed by atoms with Gasteiger partial charge in [0.15, 0.2) is 0 Å². The molecule has 0 aromatic heterocycles. The molecule has 2 N–H and O–H groups in total. The van der Waals surface area contributed by atoms with Crippen LogP contribution in [-0.4, -0.2) is 84.8 Å². The van der Waals surface area contributed by atoms with E-state index in [9.17, 15) is 18.7 Å². The highest BCUT2D eigenvalue weighted by Gasteiger charge is 2.49. The van der Waals surface area contributed by atoms with Crippen LogP contribution in [0.5, 0.6) is 0 Å². The van der Waals surface area contributed by atoms with Gasteiger partial charge in [-0.3, -0.25) is 9.80 Å². The third kappa shape index (κ3) is 5.81. The van der Waals surface area contributed by atoms with Gasteiger partial charge in [0.2, 0.25) is 0 Å². The number of aliphatic hydroxyl groups is 1. The minimum Gasteiger partial charge on any atom is -0.395 e. The van der Waals surface area contributed by atoms with Crippen LogP contribution < -0.4 is 5.32 Å². The number of rotatable bonds is 4. The largest absolute Gasteiger partial charge is 0.395 e. The van der Waals surface area contributed by atoms with Gasteiger partial charge in [-0.1, -0.05) is 24.0 Å². The summed E-state index contributed by atoms with van der Waals surface area (Å²) in [5.74, 6) is 5.06. The Morgan fingerprint density at radius 2 is 1.89 bits per heavy atom. The lowest BCUT2D eigenvalue weighted by atomic mass is 9.74. The smallest absolute Gasteiger partial charge is 0.321 e. The monoisotopic (exact) mass is 482 g/mol. The summed E-state index contributed by atoms with van der Waals surface area (Å²) in [5, 5.41) is 12.7. The maximum absolute atomic E-state index is 14.1. The van der Waals surface area contributed by atoms with Crippen LogP contribution in [0.2, 0.25) is 0 Å². The average Bonchev–Trinajstić information content (AvgIpc) is 2.81. The normalized spacial score (nSPS) is 22.3. The lowest BCUT2D eigenvalue weighted by Gasteiger charge is -2.57. The fourth-order valence-electron chi connectivity index (χ4n) is 5.00. The maximum atomic E-state index is 14.1. The van der Waals surface area contributed by atoms with Crippen LogP contribution in [0.25, 0.3) is 0 Å². The van der Waals surface area contributed by atoms with E-state index >= 15 is 0 Å². The summed E-state index contributed by atoms with van der Waals surface area (Å²) in [7, 11) is 3.95. The Morgan fingerprint density at radius 1 is 1.14 bits per heavy atom. The number of fused-ring (bicyclic) bond motifs is 1. The highest BCUT2D eigenvalue weighted by atomic mass is 19.1. The van der Waals surface area contributed by atoms with Crippen LogP contribution in [0.3, 0.4) is 0 Å². The number of anilines is 1. The molecule has 4 rings (SSSR count). The Bertz CT molecular complexity index is 1100. The fourth-order valence-corrected chi connectivity index (χ4v) is 5.00. The van der Waals surface area contributed by atoms with Crippen molar-refractivity contribution in [1.82, 2.24) is 14.7 Å². The first-order valence-electron chi connectivity index (χ1n) is 12.0. The Balaban J connectivity index is 1.50. The number of benzene rings is 2. The van der Waals surface area contributed by atoms with E-state index in [1.165, 1.54) is 0 Å². The molecule has 0 spiro atoms. The number of nitrogens with zero attached hydrogens (tertiary/aromatic N) is 3. The number of hydrogen-bond donors (Lipinski definition) is 2. The van der Waals surface area contributed by atoms with Crippen LogP contribution in [0.4, 0.5) is 19.3 Å². The van der Waals surface area contributed by atoms with E-state index in [0.29, 0.717) is 19.6 Å². The molecule has 3 atom stereocenters. The SMILES string of the molecule is CN(C)CC#Cc1ccc([C@@H]2[C@H]3CN(C(=O)Nc4cc(F)ccc4F)CCCCN3[C@H]2CO)cc1. The molecule has 0 unspecified atom stereocenters. The molecule has 8 heteroatoms. The van der Waals surface area contributed by atoms with Crippen LogP contribution in [0.15, 0.2) is 42.5 Å². The van der Waals surface area contributed by atoms with Crippen LogP contribution in [0, 0.1) is 23.5 Å². The zero-order chi connectivity index (χ0) is 24.9. The molecule has 2 heterocycles. The summed E-state index contributed by atoms with van der Waals surface area (Å²) in [4.78, 5) is 18.9. The van der Waals surface area contributed by atoms with E-state index in [0.717, 1.165) is 48.7 Å². The number of aliphatic hydroxyl groups excluding tert-OH is 1. The van der Waals surface area contributed by atoms with Crippen molar-refractivity contribution in [2.75, 3.05) is 52.2 Å². The first-order valence-corrected chi connectivity index (χ1v) is 12.0. The van der Waals surface area contributed by atoms with Gasteiger partial charge in [-0.2, -0.15) is 0 Å². The van der Waals surface area contributed by atoms with Crippen molar-refractivity contribution in [3.05, 3.63) is 65.2 Å². The predicted molar refractivity (Wildman–Crippen MR) is 132 cm³/mol. The van der Waals surface area contributed by atoms with Gasteiger partial charge in [-0.15, -0.1) is 0 Å². The molecule has 35 heavy (non-hydrogen) atoms. The van der Waals surface area contributed by atoms with Gasteiger partial charge < -0.3 is 15.3 Å². The van der Waals surface area contributed by atoms with Gasteiger partial charge in [-0.25, -0.2) is 13.6 Å². The van der Waals surface area contributed by atoms with Crippen LogP contribution >= 0.6 is 0 Å². The van der Waals surface area contributed by atoms with Crippen molar-refractivity contribution >= 4 is 11.7 Å². The van der Waals surface area contributed by atoms with Crippen molar-refractivity contribution in [2.45, 2.75) is 30.8 Å². The summed E-state index contributed by atoms with van der Waals surface area (Å²) >= 11 is 0. The van der Waals surface area contributed by atoms with Crippen molar-refractivity contribution in [3.8, 4) is 11.8 Å². The number of amides is 2. The molecule has 186 valence electrons. The third-order valence-corrected chi connectivity index (χ3v) is 6.75. The topological polar surface area (TPSA) is 59.0 Å². The summed E-state index contributed by atoms with van der Waals surface area (Å²) in [6, 6.07) is 10.7. The molecular weight excluding hydrogens is 450 g/mol. The molecule has 0 saturated carbocycles. The minimum absolute atomic E-state index is 0.0191. The molecular formula is C27H32F2N4O2. The lowest BCUT2D eigenvalue weighted by Crippen LogP contribution is -2.68. The molecule has 2 aromatic carbocycles. The average molecular weight is 483 g/mol. The molecule has 0 bridgehead atoms. The molecule has 0 aliphatic carbocycles. The number of halogens is 2. The maximum Gasteiger partial charge on any atom is 0.321 e. The quantitative estimate of drug-likeness (QED) is 0.657. The van der Waals surface area contributed by atoms with Crippen molar-refractivity contribution in [2.24, 2.45) is 0 Å². The van der Waals surface area contributed by atoms with Gasteiger partial charge in [0.05, 0.1) is 18.8 Å². The van der Waals surface area contributed by atoms with Gasteiger partial charge in [-0.05, 0) is 63.3 Å².